The number of carbonyl (C=O) groups is 2. The van der Waals surface area contributed by atoms with Crippen LogP contribution in [0.5, 0.6) is 23.0 Å². The normalized spacial score (nSPS) is 12.6. The molecule has 1 unspecified atom stereocenters. The van der Waals surface area contributed by atoms with E-state index in [1.807, 2.05) is 0 Å². The minimum Gasteiger partial charge on any atom is -0.504 e. The van der Waals surface area contributed by atoms with E-state index in [9.17, 15) is 43.0 Å². The van der Waals surface area contributed by atoms with Crippen molar-refractivity contribution in [2.45, 2.75) is 83.0 Å². The van der Waals surface area contributed by atoms with Crippen LogP contribution in [0.1, 0.15) is 104 Å². The van der Waals surface area contributed by atoms with Crippen molar-refractivity contribution in [3.05, 3.63) is 41.0 Å². The highest BCUT2D eigenvalue weighted by molar-refractivity contribution is 7.85. The smallest absolute Gasteiger partial charge is 0.294 e. The molecule has 0 aliphatic rings. The number of unbranched alkanes of at least 4 members (excludes halogenated alkanes) is 5. The first kappa shape index (κ1) is 30.1. The zero-order chi connectivity index (χ0) is 27.9. The molecular formula is C27H36O9S. The van der Waals surface area contributed by atoms with Gasteiger partial charge in [-0.15, -0.1) is 0 Å². The van der Waals surface area contributed by atoms with Gasteiger partial charge >= 0.3 is 0 Å². The first-order valence-corrected chi connectivity index (χ1v) is 13.9. The van der Waals surface area contributed by atoms with Crippen LogP contribution in [0.2, 0.25) is 0 Å². The summed E-state index contributed by atoms with van der Waals surface area (Å²) in [6.07, 6.45) is 5.28. The molecule has 204 valence electrons. The van der Waals surface area contributed by atoms with Gasteiger partial charge in [-0.25, -0.2) is 0 Å². The zero-order valence-electron chi connectivity index (χ0n) is 21.4. The predicted octanol–water partition coefficient (Wildman–Crippen LogP) is 5.70. The van der Waals surface area contributed by atoms with Crippen molar-refractivity contribution in [3.63, 3.8) is 0 Å². The number of hydrogen-bond acceptors (Lipinski definition) is 8. The number of rotatable bonds is 14. The fraction of sp³-hybridized carbons (Fsp3) is 0.481. The van der Waals surface area contributed by atoms with Crippen LogP contribution >= 0.6 is 0 Å². The van der Waals surface area contributed by atoms with Gasteiger partial charge in [0, 0.05) is 18.4 Å². The molecule has 0 aliphatic heterocycles. The lowest BCUT2D eigenvalue weighted by Gasteiger charge is -2.22. The van der Waals surface area contributed by atoms with Crippen molar-refractivity contribution in [1.82, 2.24) is 0 Å². The maximum Gasteiger partial charge on any atom is 0.294 e. The van der Waals surface area contributed by atoms with Crippen molar-refractivity contribution >= 4 is 21.7 Å². The summed E-state index contributed by atoms with van der Waals surface area (Å²) in [6.45, 7) is 5.22. The summed E-state index contributed by atoms with van der Waals surface area (Å²) in [5, 5.41) is 40.7. The summed E-state index contributed by atoms with van der Waals surface area (Å²) in [4.78, 5) is 26.2. The summed E-state index contributed by atoms with van der Waals surface area (Å²) in [6, 6.07) is 4.59. The van der Waals surface area contributed by atoms with Gasteiger partial charge < -0.3 is 20.4 Å². The second-order valence-corrected chi connectivity index (χ2v) is 11.0. The van der Waals surface area contributed by atoms with E-state index in [-0.39, 0.29) is 17.5 Å². The number of phenols is 4. The Bertz CT molecular complexity index is 1230. The van der Waals surface area contributed by atoms with Crippen LogP contribution in [0.4, 0.5) is 0 Å². The van der Waals surface area contributed by atoms with E-state index in [0.717, 1.165) is 32.1 Å². The topological polar surface area (TPSA) is 169 Å². The SMILES string of the molecule is CCCCCCCCC(CC(=O)c1cccc(O)c1O)C(=O)c1c(O)c(O)cc(S(=O)(=O)O)c1C(C)C. The van der Waals surface area contributed by atoms with Crippen LogP contribution < -0.4 is 0 Å². The van der Waals surface area contributed by atoms with Crippen molar-refractivity contribution in [3.8, 4) is 23.0 Å². The maximum atomic E-state index is 13.8. The number of ketones is 2. The molecule has 0 heterocycles. The second kappa shape index (κ2) is 12.9. The lowest BCUT2D eigenvalue weighted by atomic mass is 9.83. The first-order chi connectivity index (χ1) is 17.3. The van der Waals surface area contributed by atoms with E-state index >= 15 is 0 Å². The molecule has 0 aromatic heterocycles. The average molecular weight is 537 g/mol. The minimum atomic E-state index is -4.86. The highest BCUT2D eigenvalue weighted by atomic mass is 32.2. The third-order valence-corrected chi connectivity index (χ3v) is 7.30. The van der Waals surface area contributed by atoms with E-state index in [4.69, 9.17) is 0 Å². The molecule has 2 aromatic rings. The van der Waals surface area contributed by atoms with Crippen LogP contribution in [-0.2, 0) is 10.1 Å². The molecule has 1 atom stereocenters. The Balaban J connectivity index is 2.53. The molecule has 2 aromatic carbocycles. The Kier molecular flexibility index (Phi) is 10.5. The van der Waals surface area contributed by atoms with Crippen LogP contribution in [-0.4, -0.2) is 45.0 Å². The number of benzene rings is 2. The van der Waals surface area contributed by atoms with E-state index in [1.54, 1.807) is 13.8 Å². The maximum absolute atomic E-state index is 13.8. The van der Waals surface area contributed by atoms with Crippen LogP contribution in [0.15, 0.2) is 29.2 Å². The molecular weight excluding hydrogens is 500 g/mol. The van der Waals surface area contributed by atoms with Crippen molar-refractivity contribution in [2.75, 3.05) is 0 Å². The Morgan fingerprint density at radius 2 is 1.51 bits per heavy atom. The Morgan fingerprint density at radius 3 is 2.11 bits per heavy atom. The van der Waals surface area contributed by atoms with Gasteiger partial charge in [-0.2, -0.15) is 8.42 Å². The molecule has 0 bridgehead atoms. The average Bonchev–Trinajstić information content (AvgIpc) is 2.82. The molecule has 0 spiro atoms. The lowest BCUT2D eigenvalue weighted by molar-refractivity contribution is 0.0838. The molecule has 0 saturated heterocycles. The highest BCUT2D eigenvalue weighted by Crippen LogP contribution is 2.42. The Labute approximate surface area is 217 Å². The molecule has 37 heavy (non-hydrogen) atoms. The fourth-order valence-corrected chi connectivity index (χ4v) is 5.35. The number of para-hydroxylation sites is 1. The number of phenolic OH excluding ortho intramolecular Hbond substituents is 4. The quantitative estimate of drug-likeness (QED) is 0.0879. The van der Waals surface area contributed by atoms with Gasteiger partial charge in [0.05, 0.1) is 11.1 Å². The lowest BCUT2D eigenvalue weighted by Crippen LogP contribution is -2.22. The van der Waals surface area contributed by atoms with Crippen LogP contribution in [0.25, 0.3) is 0 Å². The number of aromatic hydroxyl groups is 4. The van der Waals surface area contributed by atoms with Gasteiger partial charge in [-0.05, 0) is 30.0 Å². The fourth-order valence-electron chi connectivity index (χ4n) is 4.48. The zero-order valence-corrected chi connectivity index (χ0v) is 22.2. The molecule has 0 saturated carbocycles. The van der Waals surface area contributed by atoms with Gasteiger partial charge in [-0.3, -0.25) is 14.1 Å². The number of carbonyl (C=O) groups excluding carboxylic acids is 2. The summed E-state index contributed by atoms with van der Waals surface area (Å²) in [5.41, 5.74) is -0.807. The number of Topliss-reactive ketones (excluding diaryl/α,β-unsaturated/α-hetero) is 2. The molecule has 5 N–H and O–H groups in total. The molecule has 0 radical (unpaired) electrons. The molecule has 0 aliphatic carbocycles. The summed E-state index contributed by atoms with van der Waals surface area (Å²) >= 11 is 0. The molecule has 9 nitrogen and oxygen atoms in total. The second-order valence-electron chi connectivity index (χ2n) is 9.58. The summed E-state index contributed by atoms with van der Waals surface area (Å²) in [7, 11) is -4.86. The summed E-state index contributed by atoms with van der Waals surface area (Å²) in [5.74, 6) is -5.90. The van der Waals surface area contributed by atoms with Crippen LogP contribution in [0, 0.1) is 5.92 Å². The van der Waals surface area contributed by atoms with Gasteiger partial charge in [0.15, 0.2) is 34.6 Å². The third kappa shape index (κ3) is 7.45. The molecule has 0 amide bonds. The van der Waals surface area contributed by atoms with E-state index < -0.39 is 73.4 Å². The van der Waals surface area contributed by atoms with E-state index in [1.165, 1.54) is 18.2 Å². The van der Waals surface area contributed by atoms with Crippen molar-refractivity contribution < 1.29 is 43.0 Å². The monoisotopic (exact) mass is 536 g/mol. The van der Waals surface area contributed by atoms with Crippen LogP contribution in [0.3, 0.4) is 0 Å². The highest BCUT2D eigenvalue weighted by Gasteiger charge is 2.34. The van der Waals surface area contributed by atoms with Crippen molar-refractivity contribution in [1.29, 1.82) is 0 Å². The molecule has 0 fully saturated rings. The van der Waals surface area contributed by atoms with Crippen molar-refractivity contribution in [2.24, 2.45) is 5.92 Å². The predicted molar refractivity (Wildman–Crippen MR) is 138 cm³/mol. The first-order valence-electron chi connectivity index (χ1n) is 12.5. The van der Waals surface area contributed by atoms with Gasteiger partial charge in [0.2, 0.25) is 0 Å². The Hall–Kier alpha value is -3.11. The van der Waals surface area contributed by atoms with E-state index in [2.05, 4.69) is 6.92 Å². The standard InChI is InChI=1S/C27H36O9S/c1-4-5-6-7-8-9-11-17(14-20(29)18-12-10-13-19(28)26(18)32)25(31)24-23(16(2)3)22(37(34,35)36)15-21(30)27(24)33/h10,12-13,15-17,28,30,32-33H,4-9,11,14H2,1-3H3,(H,34,35,36). The molecule has 10 heteroatoms. The minimum absolute atomic E-state index is 0.164. The number of hydrogen-bond donors (Lipinski definition) is 5. The van der Waals surface area contributed by atoms with Gasteiger partial charge in [-0.1, -0.05) is 65.4 Å². The van der Waals surface area contributed by atoms with Gasteiger partial charge in [0.25, 0.3) is 10.1 Å². The summed E-state index contributed by atoms with van der Waals surface area (Å²) < 4.78 is 33.8. The largest absolute Gasteiger partial charge is 0.504 e. The molecule has 2 rings (SSSR count). The van der Waals surface area contributed by atoms with Gasteiger partial charge in [0.1, 0.15) is 4.90 Å². The van der Waals surface area contributed by atoms with E-state index in [0.29, 0.717) is 12.5 Å². The Morgan fingerprint density at radius 1 is 0.892 bits per heavy atom. The third-order valence-electron chi connectivity index (χ3n) is 6.41.